The summed E-state index contributed by atoms with van der Waals surface area (Å²) in [5.74, 6) is 3.03. The summed E-state index contributed by atoms with van der Waals surface area (Å²) in [5, 5.41) is 8.39. The topological polar surface area (TPSA) is 43.1 Å². The fourth-order valence-electron chi connectivity index (χ4n) is 3.12. The van der Waals surface area contributed by atoms with E-state index in [9.17, 15) is 0 Å². The van der Waals surface area contributed by atoms with Crippen molar-refractivity contribution in [2.75, 3.05) is 7.05 Å². The molecule has 3 rings (SSSR count). The van der Waals surface area contributed by atoms with Crippen LogP contribution in [0.15, 0.2) is 41.4 Å². The Bertz CT molecular complexity index is 660. The molecule has 1 fully saturated rings. The molecule has 1 aliphatic carbocycles. The van der Waals surface area contributed by atoms with E-state index in [-0.39, 0.29) is 0 Å². The number of nitrogens with zero attached hydrogens (tertiary/aromatic N) is 4. The van der Waals surface area contributed by atoms with Crippen LogP contribution in [0.3, 0.4) is 0 Å². The summed E-state index contributed by atoms with van der Waals surface area (Å²) in [6.45, 7) is 4.62. The van der Waals surface area contributed by atoms with Gasteiger partial charge in [0, 0.05) is 7.05 Å². The molecule has 104 valence electrons. The smallest absolute Gasteiger partial charge is 0.150 e. The largest absolute Gasteiger partial charge is 0.270 e. The third-order valence-electron chi connectivity index (χ3n) is 4.32. The lowest BCUT2D eigenvalue weighted by molar-refractivity contribution is 0.148. The Morgan fingerprint density at radius 1 is 1.30 bits per heavy atom. The van der Waals surface area contributed by atoms with Gasteiger partial charge in [-0.25, -0.2) is 0 Å². The van der Waals surface area contributed by atoms with E-state index in [0.29, 0.717) is 5.92 Å². The van der Waals surface area contributed by atoms with E-state index >= 15 is 0 Å². The van der Waals surface area contributed by atoms with Gasteiger partial charge in [-0.15, -0.1) is 5.10 Å². The molecule has 2 unspecified atom stereocenters. The first-order chi connectivity index (χ1) is 9.70. The molecule has 1 aromatic heterocycles. The molecule has 0 radical (unpaired) electrons. The maximum Gasteiger partial charge on any atom is 0.150 e. The summed E-state index contributed by atoms with van der Waals surface area (Å²) in [6, 6.07) is 7.95. The third-order valence-corrected chi connectivity index (χ3v) is 4.32. The van der Waals surface area contributed by atoms with Crippen LogP contribution in [0.5, 0.6) is 0 Å². The van der Waals surface area contributed by atoms with Gasteiger partial charge in [0.2, 0.25) is 0 Å². The molecule has 2 atom stereocenters. The van der Waals surface area contributed by atoms with Gasteiger partial charge in [0.15, 0.2) is 5.84 Å². The first kappa shape index (κ1) is 13.0. The number of aliphatic imine (C=N–C) groups is 1. The van der Waals surface area contributed by atoms with Crippen LogP contribution in [0.25, 0.3) is 11.0 Å². The molecule has 1 aromatic carbocycles. The van der Waals surface area contributed by atoms with E-state index in [1.54, 1.807) is 11.7 Å². The Morgan fingerprint density at radius 2 is 2.05 bits per heavy atom. The molecular weight excluding hydrogens is 248 g/mol. The molecule has 4 nitrogen and oxygen atoms in total. The Kier molecular flexibility index (Phi) is 3.38. The lowest BCUT2D eigenvalue weighted by atomic mass is 9.66. The molecule has 20 heavy (non-hydrogen) atoms. The highest BCUT2D eigenvalue weighted by atomic mass is 15.4. The van der Waals surface area contributed by atoms with Crippen molar-refractivity contribution in [1.82, 2.24) is 15.0 Å². The van der Waals surface area contributed by atoms with Crippen molar-refractivity contribution >= 4 is 16.9 Å². The van der Waals surface area contributed by atoms with Crippen LogP contribution in [0.2, 0.25) is 0 Å². The average Bonchev–Trinajstić information content (AvgIpc) is 2.87. The number of allylic oxidation sites excluding steroid dienone is 2. The minimum Gasteiger partial charge on any atom is -0.270 e. The molecule has 1 saturated carbocycles. The summed E-state index contributed by atoms with van der Waals surface area (Å²) in [4.78, 5) is 4.35. The SMILES string of the molecule is C/N=C(\C=C/C1C(C)CC1C)n1nnc2ccccc21. The molecule has 0 spiro atoms. The van der Waals surface area contributed by atoms with Crippen LogP contribution in [0.4, 0.5) is 0 Å². The summed E-state index contributed by atoms with van der Waals surface area (Å²) in [7, 11) is 1.80. The Balaban J connectivity index is 1.89. The fourth-order valence-corrected chi connectivity index (χ4v) is 3.12. The van der Waals surface area contributed by atoms with Gasteiger partial charge in [-0.1, -0.05) is 37.3 Å². The number of aromatic nitrogens is 3. The van der Waals surface area contributed by atoms with Crippen molar-refractivity contribution in [1.29, 1.82) is 0 Å². The zero-order valence-electron chi connectivity index (χ0n) is 12.2. The molecule has 0 N–H and O–H groups in total. The molecule has 0 bridgehead atoms. The van der Waals surface area contributed by atoms with E-state index in [0.717, 1.165) is 28.7 Å². The van der Waals surface area contributed by atoms with Crippen LogP contribution in [0.1, 0.15) is 20.3 Å². The molecule has 1 heterocycles. The van der Waals surface area contributed by atoms with Crippen molar-refractivity contribution in [2.45, 2.75) is 20.3 Å². The quantitative estimate of drug-likeness (QED) is 0.620. The fraction of sp³-hybridized carbons (Fsp3) is 0.438. The predicted molar refractivity (Wildman–Crippen MR) is 81.9 cm³/mol. The molecule has 2 aromatic rings. The van der Waals surface area contributed by atoms with Gasteiger partial charge in [-0.2, -0.15) is 4.68 Å². The van der Waals surface area contributed by atoms with Gasteiger partial charge in [-0.05, 0) is 42.4 Å². The zero-order valence-corrected chi connectivity index (χ0v) is 12.2. The van der Waals surface area contributed by atoms with Gasteiger partial charge < -0.3 is 0 Å². The van der Waals surface area contributed by atoms with E-state index in [1.807, 2.05) is 24.3 Å². The number of hydrogen-bond donors (Lipinski definition) is 0. The van der Waals surface area contributed by atoms with Gasteiger partial charge in [-0.3, -0.25) is 4.99 Å². The standard InChI is InChI=1S/C16H20N4/c1-11-10-12(2)13(11)8-9-16(17-3)20-15-7-5-4-6-14(15)18-19-20/h4-9,11-13H,10H2,1-3H3/b9-8-,17-16+. The number of rotatable bonds is 2. The second kappa shape index (κ2) is 5.19. The zero-order chi connectivity index (χ0) is 14.1. The first-order valence-electron chi connectivity index (χ1n) is 7.16. The maximum absolute atomic E-state index is 4.35. The van der Waals surface area contributed by atoms with E-state index in [1.165, 1.54) is 6.42 Å². The molecule has 1 aliphatic rings. The molecular formula is C16H20N4. The molecule has 0 amide bonds. The van der Waals surface area contributed by atoms with Crippen molar-refractivity contribution in [3.05, 3.63) is 36.4 Å². The van der Waals surface area contributed by atoms with Crippen LogP contribution < -0.4 is 0 Å². The summed E-state index contributed by atoms with van der Waals surface area (Å²) in [6.07, 6.45) is 5.68. The second-order valence-electron chi connectivity index (χ2n) is 5.70. The lowest BCUT2D eigenvalue weighted by Crippen LogP contribution is -2.31. The van der Waals surface area contributed by atoms with Crippen LogP contribution in [0, 0.1) is 17.8 Å². The third kappa shape index (κ3) is 2.15. The normalized spacial score (nSPS) is 27.1. The Labute approximate surface area is 119 Å². The monoisotopic (exact) mass is 268 g/mol. The van der Waals surface area contributed by atoms with E-state index < -0.39 is 0 Å². The number of fused-ring (bicyclic) bond motifs is 1. The highest BCUT2D eigenvalue weighted by molar-refractivity contribution is 5.99. The highest BCUT2D eigenvalue weighted by Crippen LogP contribution is 2.40. The summed E-state index contributed by atoms with van der Waals surface area (Å²) in [5.41, 5.74) is 1.89. The van der Waals surface area contributed by atoms with Gasteiger partial charge in [0.25, 0.3) is 0 Å². The maximum atomic E-state index is 4.35. The molecule has 4 heteroatoms. The van der Waals surface area contributed by atoms with Crippen molar-refractivity contribution < 1.29 is 0 Å². The van der Waals surface area contributed by atoms with Gasteiger partial charge in [0.05, 0.1) is 5.52 Å². The van der Waals surface area contributed by atoms with Crippen molar-refractivity contribution in [3.8, 4) is 0 Å². The summed E-state index contributed by atoms with van der Waals surface area (Å²) >= 11 is 0. The van der Waals surface area contributed by atoms with Crippen LogP contribution in [-0.2, 0) is 0 Å². The number of para-hydroxylation sites is 1. The van der Waals surface area contributed by atoms with E-state index in [4.69, 9.17) is 0 Å². The molecule has 0 saturated heterocycles. The van der Waals surface area contributed by atoms with Crippen molar-refractivity contribution in [3.63, 3.8) is 0 Å². The van der Waals surface area contributed by atoms with Crippen LogP contribution >= 0.6 is 0 Å². The van der Waals surface area contributed by atoms with E-state index in [2.05, 4.69) is 41.3 Å². The number of hydrogen-bond acceptors (Lipinski definition) is 3. The predicted octanol–water partition coefficient (Wildman–Crippen LogP) is 3.16. The second-order valence-corrected chi connectivity index (χ2v) is 5.70. The minimum atomic E-state index is 0.654. The average molecular weight is 268 g/mol. The first-order valence-corrected chi connectivity index (χ1v) is 7.16. The number of benzene rings is 1. The molecule has 0 aliphatic heterocycles. The Morgan fingerprint density at radius 3 is 2.75 bits per heavy atom. The highest BCUT2D eigenvalue weighted by Gasteiger charge is 2.32. The van der Waals surface area contributed by atoms with Crippen molar-refractivity contribution in [2.24, 2.45) is 22.7 Å². The minimum absolute atomic E-state index is 0.654. The Hall–Kier alpha value is -1.97. The summed E-state index contributed by atoms with van der Waals surface area (Å²) < 4.78 is 1.81. The lowest BCUT2D eigenvalue weighted by Gasteiger charge is -2.39. The van der Waals surface area contributed by atoms with Gasteiger partial charge in [0.1, 0.15) is 5.52 Å². The van der Waals surface area contributed by atoms with Gasteiger partial charge >= 0.3 is 0 Å². The van der Waals surface area contributed by atoms with Crippen LogP contribution in [-0.4, -0.2) is 27.9 Å².